The Labute approximate surface area is 150 Å². The van der Waals surface area contributed by atoms with E-state index in [4.69, 9.17) is 4.98 Å². The number of aryl methyl sites for hydroxylation is 3. The van der Waals surface area contributed by atoms with Gasteiger partial charge in [-0.3, -0.25) is 4.79 Å². The Morgan fingerprint density at radius 3 is 2.44 bits per heavy atom. The molecule has 1 amide bonds. The first-order valence-corrected chi connectivity index (χ1v) is 9.45. The molecule has 0 atom stereocenters. The summed E-state index contributed by atoms with van der Waals surface area (Å²) in [6.07, 6.45) is 5.74. The predicted molar refractivity (Wildman–Crippen MR) is 104 cm³/mol. The van der Waals surface area contributed by atoms with E-state index in [1.165, 1.54) is 35.8 Å². The number of hydrogen-bond donors (Lipinski definition) is 2. The second-order valence-corrected chi connectivity index (χ2v) is 7.34. The van der Waals surface area contributed by atoms with Gasteiger partial charge in [0.2, 0.25) is 5.91 Å². The number of rotatable bonds is 5. The molecule has 3 rings (SSSR count). The molecule has 1 aromatic carbocycles. The summed E-state index contributed by atoms with van der Waals surface area (Å²) in [6, 6.07) is 6.51. The van der Waals surface area contributed by atoms with Crippen LogP contribution in [0.2, 0.25) is 0 Å². The van der Waals surface area contributed by atoms with Gasteiger partial charge in [-0.15, -0.1) is 0 Å². The van der Waals surface area contributed by atoms with Crippen LogP contribution in [-0.2, 0) is 4.79 Å². The molecule has 0 spiro atoms. The van der Waals surface area contributed by atoms with E-state index < -0.39 is 0 Å². The van der Waals surface area contributed by atoms with Gasteiger partial charge in [-0.2, -0.15) is 0 Å². The molecule has 0 unspecified atom stereocenters. The summed E-state index contributed by atoms with van der Waals surface area (Å²) in [4.78, 5) is 16.9. The Kier molecular flexibility index (Phi) is 5.57. The molecular weight excluding hydrogens is 310 g/mol. The Morgan fingerprint density at radius 2 is 1.68 bits per heavy atom. The van der Waals surface area contributed by atoms with E-state index in [-0.39, 0.29) is 11.8 Å². The smallest absolute Gasteiger partial charge is 0.223 e. The second kappa shape index (κ2) is 7.85. The standard InChI is InChI=1S/C21H29N3O/c1-14-11-18-12-16(3)20(24-19(18)13-15(14)2)22-9-10-23-21(25)17-7-5-4-6-8-17/h11-13,17H,4-10H2,1-3H3,(H,22,24)(H,23,25). The quantitative estimate of drug-likeness (QED) is 0.800. The van der Waals surface area contributed by atoms with Gasteiger partial charge in [0.15, 0.2) is 0 Å². The van der Waals surface area contributed by atoms with E-state index in [2.05, 4.69) is 49.6 Å². The van der Waals surface area contributed by atoms with Crippen LogP contribution in [0.4, 0.5) is 5.82 Å². The summed E-state index contributed by atoms with van der Waals surface area (Å²) in [5.74, 6) is 1.35. The molecule has 1 aliphatic rings. The maximum atomic E-state index is 12.2. The molecule has 2 aromatic rings. The molecule has 25 heavy (non-hydrogen) atoms. The molecule has 134 valence electrons. The number of fused-ring (bicyclic) bond motifs is 1. The lowest BCUT2D eigenvalue weighted by Gasteiger charge is -2.20. The van der Waals surface area contributed by atoms with E-state index in [9.17, 15) is 4.79 Å². The average molecular weight is 339 g/mol. The minimum atomic E-state index is 0.218. The van der Waals surface area contributed by atoms with Crippen LogP contribution in [0.25, 0.3) is 10.9 Å². The highest BCUT2D eigenvalue weighted by Crippen LogP contribution is 2.24. The van der Waals surface area contributed by atoms with Crippen molar-refractivity contribution in [1.82, 2.24) is 10.3 Å². The van der Waals surface area contributed by atoms with Crippen molar-refractivity contribution in [2.24, 2.45) is 5.92 Å². The van der Waals surface area contributed by atoms with Crippen LogP contribution in [0.15, 0.2) is 18.2 Å². The number of benzene rings is 1. The molecule has 1 fully saturated rings. The summed E-state index contributed by atoms with van der Waals surface area (Å²) in [5, 5.41) is 7.62. The van der Waals surface area contributed by atoms with Crippen molar-refractivity contribution < 1.29 is 4.79 Å². The van der Waals surface area contributed by atoms with Crippen molar-refractivity contribution in [3.63, 3.8) is 0 Å². The lowest BCUT2D eigenvalue weighted by Crippen LogP contribution is -2.35. The molecule has 1 saturated carbocycles. The number of nitrogens with zero attached hydrogens (tertiary/aromatic N) is 1. The zero-order chi connectivity index (χ0) is 17.8. The van der Waals surface area contributed by atoms with Crippen LogP contribution in [-0.4, -0.2) is 24.0 Å². The lowest BCUT2D eigenvalue weighted by atomic mass is 9.89. The Hall–Kier alpha value is -2.10. The number of carbonyl (C=O) groups excluding carboxylic acids is 1. The van der Waals surface area contributed by atoms with E-state index in [1.54, 1.807) is 0 Å². The largest absolute Gasteiger partial charge is 0.368 e. The van der Waals surface area contributed by atoms with Gasteiger partial charge in [-0.05, 0) is 68.5 Å². The number of aromatic nitrogens is 1. The van der Waals surface area contributed by atoms with Gasteiger partial charge < -0.3 is 10.6 Å². The zero-order valence-corrected chi connectivity index (χ0v) is 15.6. The van der Waals surface area contributed by atoms with Crippen molar-refractivity contribution in [1.29, 1.82) is 0 Å². The van der Waals surface area contributed by atoms with E-state index >= 15 is 0 Å². The van der Waals surface area contributed by atoms with E-state index in [0.717, 1.165) is 29.7 Å². The molecule has 1 aliphatic carbocycles. The van der Waals surface area contributed by atoms with Crippen LogP contribution in [0.5, 0.6) is 0 Å². The van der Waals surface area contributed by atoms with Crippen LogP contribution in [0.3, 0.4) is 0 Å². The molecule has 4 heteroatoms. The molecule has 0 bridgehead atoms. The molecule has 0 saturated heterocycles. The van der Waals surface area contributed by atoms with Crippen molar-refractivity contribution in [3.8, 4) is 0 Å². The van der Waals surface area contributed by atoms with Crippen LogP contribution < -0.4 is 10.6 Å². The first-order valence-electron chi connectivity index (χ1n) is 9.45. The molecular formula is C21H29N3O. The van der Waals surface area contributed by atoms with Gasteiger partial charge in [0.05, 0.1) is 5.52 Å². The van der Waals surface area contributed by atoms with Crippen LogP contribution >= 0.6 is 0 Å². The topological polar surface area (TPSA) is 54.0 Å². The minimum absolute atomic E-state index is 0.218. The second-order valence-electron chi connectivity index (χ2n) is 7.34. The monoisotopic (exact) mass is 339 g/mol. The summed E-state index contributed by atoms with van der Waals surface area (Å²) >= 11 is 0. The molecule has 4 nitrogen and oxygen atoms in total. The lowest BCUT2D eigenvalue weighted by molar-refractivity contribution is -0.125. The third-order valence-electron chi connectivity index (χ3n) is 5.31. The highest BCUT2D eigenvalue weighted by atomic mass is 16.1. The average Bonchev–Trinajstić information content (AvgIpc) is 2.61. The number of carbonyl (C=O) groups is 1. The minimum Gasteiger partial charge on any atom is -0.368 e. The van der Waals surface area contributed by atoms with Crippen molar-refractivity contribution in [2.45, 2.75) is 52.9 Å². The fraction of sp³-hybridized carbons (Fsp3) is 0.524. The third-order valence-corrected chi connectivity index (χ3v) is 5.31. The molecule has 0 radical (unpaired) electrons. The SMILES string of the molecule is Cc1cc2cc(C)c(NCCNC(=O)C3CCCCC3)nc2cc1C. The van der Waals surface area contributed by atoms with Crippen molar-refractivity contribution in [3.05, 3.63) is 34.9 Å². The van der Waals surface area contributed by atoms with Gasteiger partial charge in [0.25, 0.3) is 0 Å². The van der Waals surface area contributed by atoms with Gasteiger partial charge in [0.1, 0.15) is 5.82 Å². The molecule has 1 heterocycles. The molecule has 1 aromatic heterocycles. The summed E-state index contributed by atoms with van der Waals surface area (Å²) in [5.41, 5.74) is 4.70. The molecule has 0 aliphatic heterocycles. The highest BCUT2D eigenvalue weighted by Gasteiger charge is 2.20. The van der Waals surface area contributed by atoms with Crippen LogP contribution in [0.1, 0.15) is 48.8 Å². The van der Waals surface area contributed by atoms with E-state index in [0.29, 0.717) is 13.1 Å². The normalized spacial score (nSPS) is 15.3. The third kappa shape index (κ3) is 4.30. The van der Waals surface area contributed by atoms with E-state index in [1.807, 2.05) is 0 Å². The van der Waals surface area contributed by atoms with Crippen molar-refractivity contribution in [2.75, 3.05) is 18.4 Å². The van der Waals surface area contributed by atoms with Gasteiger partial charge in [-0.25, -0.2) is 4.98 Å². The van der Waals surface area contributed by atoms with Crippen molar-refractivity contribution >= 4 is 22.6 Å². The van der Waals surface area contributed by atoms with Gasteiger partial charge in [-0.1, -0.05) is 19.3 Å². The summed E-state index contributed by atoms with van der Waals surface area (Å²) in [7, 11) is 0. The first kappa shape index (κ1) is 17.7. The Morgan fingerprint density at radius 1 is 1.00 bits per heavy atom. The number of hydrogen-bond acceptors (Lipinski definition) is 3. The number of nitrogens with one attached hydrogen (secondary N) is 2. The van der Waals surface area contributed by atoms with Gasteiger partial charge in [0, 0.05) is 24.4 Å². The van der Waals surface area contributed by atoms with Gasteiger partial charge >= 0.3 is 0 Å². The molecule has 2 N–H and O–H groups in total. The number of pyridine rings is 1. The zero-order valence-electron chi connectivity index (χ0n) is 15.6. The highest BCUT2D eigenvalue weighted by molar-refractivity contribution is 5.83. The first-order chi connectivity index (χ1) is 12.0. The van der Waals surface area contributed by atoms with Crippen LogP contribution in [0, 0.1) is 26.7 Å². The predicted octanol–water partition coefficient (Wildman–Crippen LogP) is 4.27. The Bertz CT molecular complexity index is 763. The summed E-state index contributed by atoms with van der Waals surface area (Å²) < 4.78 is 0. The maximum Gasteiger partial charge on any atom is 0.223 e. The summed E-state index contributed by atoms with van der Waals surface area (Å²) in [6.45, 7) is 7.66. The number of amides is 1. The Balaban J connectivity index is 1.56. The number of anilines is 1. The fourth-order valence-electron chi connectivity index (χ4n) is 3.60. The maximum absolute atomic E-state index is 12.2. The fourth-order valence-corrected chi connectivity index (χ4v) is 3.60.